The Bertz CT molecular complexity index is 698. The van der Waals surface area contributed by atoms with Gasteiger partial charge in [-0.3, -0.25) is 4.98 Å². The second kappa shape index (κ2) is 7.14. The number of benzene rings is 1. The molecule has 2 aromatic rings. The molecule has 4 rings (SSSR count). The predicted octanol–water partition coefficient (Wildman–Crippen LogP) is 3.93. The SMILES string of the molecule is OC(CNC1CC2(CCCCC2)Oc2ccccc21)c1ccncc1. The molecule has 0 amide bonds. The largest absolute Gasteiger partial charge is 0.487 e. The molecule has 2 atom stereocenters. The van der Waals surface area contributed by atoms with Crippen LogP contribution in [0, 0.1) is 0 Å². The van der Waals surface area contributed by atoms with Crippen molar-refractivity contribution < 1.29 is 9.84 Å². The van der Waals surface area contributed by atoms with E-state index >= 15 is 0 Å². The molecule has 1 aliphatic heterocycles. The Hall–Kier alpha value is -1.91. The number of aliphatic hydroxyl groups excluding tert-OH is 1. The third-order valence-corrected chi connectivity index (χ3v) is 5.61. The molecule has 4 heteroatoms. The van der Waals surface area contributed by atoms with Crippen LogP contribution in [0.2, 0.25) is 0 Å². The molecule has 4 nitrogen and oxygen atoms in total. The molecule has 1 aromatic heterocycles. The van der Waals surface area contributed by atoms with Crippen molar-refractivity contribution in [1.29, 1.82) is 0 Å². The van der Waals surface area contributed by atoms with Crippen molar-refractivity contribution in [3.63, 3.8) is 0 Å². The fourth-order valence-corrected chi connectivity index (χ4v) is 4.26. The van der Waals surface area contributed by atoms with Gasteiger partial charge in [0.05, 0.1) is 6.10 Å². The number of para-hydroxylation sites is 1. The fraction of sp³-hybridized carbons (Fsp3) is 0.476. The predicted molar refractivity (Wildman–Crippen MR) is 97.4 cm³/mol. The highest BCUT2D eigenvalue weighted by Gasteiger charge is 2.41. The molecule has 0 saturated heterocycles. The van der Waals surface area contributed by atoms with Gasteiger partial charge < -0.3 is 15.2 Å². The first kappa shape index (κ1) is 16.6. The Morgan fingerprint density at radius 2 is 1.88 bits per heavy atom. The Balaban J connectivity index is 1.51. The maximum absolute atomic E-state index is 10.5. The van der Waals surface area contributed by atoms with E-state index < -0.39 is 6.10 Å². The third kappa shape index (κ3) is 3.55. The summed E-state index contributed by atoms with van der Waals surface area (Å²) >= 11 is 0. The molecular weight excluding hydrogens is 312 g/mol. The van der Waals surface area contributed by atoms with Gasteiger partial charge in [-0.05, 0) is 49.4 Å². The quantitative estimate of drug-likeness (QED) is 0.887. The number of fused-ring (bicyclic) bond motifs is 1. The number of ether oxygens (including phenoxy) is 1. The minimum Gasteiger partial charge on any atom is -0.487 e. The van der Waals surface area contributed by atoms with Crippen LogP contribution in [-0.4, -0.2) is 22.2 Å². The summed E-state index contributed by atoms with van der Waals surface area (Å²) in [7, 11) is 0. The van der Waals surface area contributed by atoms with Gasteiger partial charge in [0.2, 0.25) is 0 Å². The van der Waals surface area contributed by atoms with Crippen LogP contribution in [0.4, 0.5) is 0 Å². The van der Waals surface area contributed by atoms with E-state index in [1.165, 1.54) is 24.8 Å². The van der Waals surface area contributed by atoms with Crippen molar-refractivity contribution in [3.8, 4) is 5.75 Å². The van der Waals surface area contributed by atoms with E-state index in [1.54, 1.807) is 12.4 Å². The number of aliphatic hydroxyl groups is 1. The lowest BCUT2D eigenvalue weighted by Gasteiger charge is -2.45. The van der Waals surface area contributed by atoms with Crippen molar-refractivity contribution in [2.45, 2.75) is 56.3 Å². The number of hydrogen-bond donors (Lipinski definition) is 2. The lowest BCUT2D eigenvalue weighted by atomic mass is 9.77. The van der Waals surface area contributed by atoms with Gasteiger partial charge in [-0.15, -0.1) is 0 Å². The van der Waals surface area contributed by atoms with E-state index in [1.807, 2.05) is 18.2 Å². The first-order chi connectivity index (χ1) is 12.3. The number of rotatable bonds is 4. The van der Waals surface area contributed by atoms with Gasteiger partial charge in [0.15, 0.2) is 0 Å². The van der Waals surface area contributed by atoms with Crippen LogP contribution in [0.1, 0.15) is 61.8 Å². The summed E-state index contributed by atoms with van der Waals surface area (Å²) in [6.07, 6.45) is 9.96. The standard InChI is InChI=1S/C21H26N2O2/c24-19(16-8-12-22-13-9-16)15-23-18-14-21(10-4-1-5-11-21)25-20-7-3-2-6-17(18)20/h2-3,6-9,12-13,18-19,23-24H,1,4-5,10-11,14-15H2. The van der Waals surface area contributed by atoms with Gasteiger partial charge >= 0.3 is 0 Å². The van der Waals surface area contributed by atoms with Crippen molar-refractivity contribution in [2.75, 3.05) is 6.54 Å². The van der Waals surface area contributed by atoms with Crippen LogP contribution in [-0.2, 0) is 0 Å². The van der Waals surface area contributed by atoms with Crippen LogP contribution >= 0.6 is 0 Å². The maximum atomic E-state index is 10.5. The summed E-state index contributed by atoms with van der Waals surface area (Å²) in [6.45, 7) is 0.527. The van der Waals surface area contributed by atoms with Crippen LogP contribution in [0.15, 0.2) is 48.8 Å². The summed E-state index contributed by atoms with van der Waals surface area (Å²) in [6, 6.07) is 12.3. The normalized spacial score (nSPS) is 22.8. The summed E-state index contributed by atoms with van der Waals surface area (Å²) in [5.74, 6) is 1.01. The summed E-state index contributed by atoms with van der Waals surface area (Å²) in [5, 5.41) is 14.1. The fourth-order valence-electron chi connectivity index (χ4n) is 4.26. The molecule has 2 heterocycles. The van der Waals surface area contributed by atoms with Gasteiger partial charge in [-0.25, -0.2) is 0 Å². The van der Waals surface area contributed by atoms with E-state index in [0.717, 1.165) is 30.6 Å². The zero-order valence-electron chi connectivity index (χ0n) is 14.5. The molecule has 25 heavy (non-hydrogen) atoms. The number of hydrogen-bond acceptors (Lipinski definition) is 4. The van der Waals surface area contributed by atoms with E-state index in [4.69, 9.17) is 4.74 Å². The molecule has 2 N–H and O–H groups in total. The van der Waals surface area contributed by atoms with E-state index in [0.29, 0.717) is 6.54 Å². The van der Waals surface area contributed by atoms with Gasteiger partial charge in [0.1, 0.15) is 11.4 Å². The highest BCUT2D eigenvalue weighted by atomic mass is 16.5. The zero-order valence-corrected chi connectivity index (χ0v) is 14.5. The Labute approximate surface area is 149 Å². The summed E-state index contributed by atoms with van der Waals surface area (Å²) in [4.78, 5) is 4.02. The second-order valence-electron chi connectivity index (χ2n) is 7.34. The number of pyridine rings is 1. The molecule has 1 aliphatic carbocycles. The molecule has 2 unspecified atom stereocenters. The summed E-state index contributed by atoms with van der Waals surface area (Å²) in [5.41, 5.74) is 2.07. The molecular formula is C21H26N2O2. The molecule has 2 aliphatic rings. The molecule has 132 valence electrons. The van der Waals surface area contributed by atoms with Crippen LogP contribution < -0.4 is 10.1 Å². The van der Waals surface area contributed by atoms with Gasteiger partial charge in [0, 0.05) is 37.0 Å². The molecule has 0 radical (unpaired) electrons. The van der Waals surface area contributed by atoms with Crippen molar-refractivity contribution in [2.24, 2.45) is 0 Å². The Morgan fingerprint density at radius 3 is 2.68 bits per heavy atom. The molecule has 1 spiro atoms. The minimum absolute atomic E-state index is 0.0358. The topological polar surface area (TPSA) is 54.4 Å². The third-order valence-electron chi connectivity index (χ3n) is 5.61. The summed E-state index contributed by atoms with van der Waals surface area (Å²) < 4.78 is 6.47. The number of nitrogens with one attached hydrogen (secondary N) is 1. The van der Waals surface area contributed by atoms with Gasteiger partial charge in [-0.1, -0.05) is 24.6 Å². The smallest absolute Gasteiger partial charge is 0.124 e. The zero-order chi connectivity index (χ0) is 17.1. The van der Waals surface area contributed by atoms with E-state index in [9.17, 15) is 5.11 Å². The lowest BCUT2D eigenvalue weighted by molar-refractivity contribution is -0.00417. The van der Waals surface area contributed by atoms with Gasteiger partial charge in [0.25, 0.3) is 0 Å². The van der Waals surface area contributed by atoms with Crippen LogP contribution in [0.3, 0.4) is 0 Å². The highest BCUT2D eigenvalue weighted by molar-refractivity contribution is 5.39. The highest BCUT2D eigenvalue weighted by Crippen LogP contribution is 2.46. The van der Waals surface area contributed by atoms with Crippen LogP contribution in [0.5, 0.6) is 5.75 Å². The first-order valence-electron chi connectivity index (χ1n) is 9.35. The van der Waals surface area contributed by atoms with Crippen molar-refractivity contribution in [3.05, 3.63) is 59.9 Å². The Morgan fingerprint density at radius 1 is 1.12 bits per heavy atom. The van der Waals surface area contributed by atoms with Crippen molar-refractivity contribution in [1.82, 2.24) is 10.3 Å². The monoisotopic (exact) mass is 338 g/mol. The number of aromatic nitrogens is 1. The molecule has 1 aromatic carbocycles. The molecule has 1 saturated carbocycles. The van der Waals surface area contributed by atoms with Crippen molar-refractivity contribution >= 4 is 0 Å². The maximum Gasteiger partial charge on any atom is 0.124 e. The van der Waals surface area contributed by atoms with Crippen LogP contribution in [0.25, 0.3) is 0 Å². The number of nitrogens with zero attached hydrogens (tertiary/aromatic N) is 1. The molecule has 1 fully saturated rings. The van der Waals surface area contributed by atoms with E-state index in [-0.39, 0.29) is 11.6 Å². The van der Waals surface area contributed by atoms with E-state index in [2.05, 4.69) is 28.5 Å². The average Bonchev–Trinajstić information content (AvgIpc) is 2.67. The van der Waals surface area contributed by atoms with Gasteiger partial charge in [-0.2, -0.15) is 0 Å². The average molecular weight is 338 g/mol. The second-order valence-corrected chi connectivity index (χ2v) is 7.34. The molecule has 0 bridgehead atoms. The lowest BCUT2D eigenvalue weighted by Crippen LogP contribution is -2.46. The minimum atomic E-state index is -0.527. The Kier molecular flexibility index (Phi) is 4.73. The first-order valence-corrected chi connectivity index (χ1v) is 9.35.